The first-order valence-electron chi connectivity index (χ1n) is 7.02. The predicted octanol–water partition coefficient (Wildman–Crippen LogP) is 1.10. The van der Waals surface area contributed by atoms with Gasteiger partial charge >= 0.3 is 5.97 Å². The molecule has 21 heavy (non-hydrogen) atoms. The molecule has 1 aromatic rings. The highest BCUT2D eigenvalue weighted by Gasteiger charge is 2.33. The molecule has 0 aromatic heterocycles. The van der Waals surface area contributed by atoms with Crippen molar-refractivity contribution in [2.75, 3.05) is 13.2 Å². The summed E-state index contributed by atoms with van der Waals surface area (Å²) in [6.45, 7) is 2.76. The number of carboxylic acids is 1. The van der Waals surface area contributed by atoms with Gasteiger partial charge in [0.05, 0.1) is 11.6 Å². The third-order valence-electron chi connectivity index (χ3n) is 3.61. The van der Waals surface area contributed by atoms with Gasteiger partial charge in [0.1, 0.15) is 12.4 Å². The molecule has 1 aliphatic rings. The van der Waals surface area contributed by atoms with E-state index in [0.29, 0.717) is 25.3 Å². The minimum Gasteiger partial charge on any atom is -0.491 e. The lowest BCUT2D eigenvalue weighted by Crippen LogP contribution is -2.39. The largest absolute Gasteiger partial charge is 0.491 e. The molecule has 6 nitrogen and oxygen atoms in total. The maximum atomic E-state index is 11.9. The third kappa shape index (κ3) is 3.72. The van der Waals surface area contributed by atoms with E-state index in [2.05, 4.69) is 0 Å². The summed E-state index contributed by atoms with van der Waals surface area (Å²) in [5, 5.41) is 8.83. The number of carbonyl (C=O) groups excluding carboxylic acids is 1. The zero-order chi connectivity index (χ0) is 15.4. The molecule has 0 aliphatic carbocycles. The highest BCUT2D eigenvalue weighted by atomic mass is 16.5. The van der Waals surface area contributed by atoms with E-state index in [1.165, 1.54) is 12.1 Å². The molecule has 1 heterocycles. The average Bonchev–Trinajstić information content (AvgIpc) is 2.85. The van der Waals surface area contributed by atoms with Crippen LogP contribution in [-0.2, 0) is 4.79 Å². The van der Waals surface area contributed by atoms with Crippen molar-refractivity contribution in [1.29, 1.82) is 0 Å². The van der Waals surface area contributed by atoms with E-state index in [0.717, 1.165) is 6.42 Å². The fourth-order valence-corrected chi connectivity index (χ4v) is 2.51. The first kappa shape index (κ1) is 15.3. The normalized spacial score (nSPS) is 21.3. The highest BCUT2D eigenvalue weighted by molar-refractivity contribution is 5.87. The average molecular weight is 292 g/mol. The molecule has 1 aliphatic heterocycles. The Morgan fingerprint density at radius 2 is 2.05 bits per heavy atom. The molecule has 114 valence electrons. The molecule has 0 saturated carbocycles. The summed E-state index contributed by atoms with van der Waals surface area (Å²) in [6.07, 6.45) is 1.18. The van der Waals surface area contributed by atoms with Gasteiger partial charge in [-0.05, 0) is 30.7 Å². The molecule has 1 aromatic carbocycles. The van der Waals surface area contributed by atoms with Gasteiger partial charge < -0.3 is 20.5 Å². The van der Waals surface area contributed by atoms with Gasteiger partial charge in [-0.3, -0.25) is 4.79 Å². The number of nitrogens with zero attached hydrogens (tertiary/aromatic N) is 1. The zero-order valence-corrected chi connectivity index (χ0v) is 12.0. The summed E-state index contributed by atoms with van der Waals surface area (Å²) in [6, 6.07) is 6.18. The number of carboxylic acid groups (broad SMARTS) is 1. The molecule has 0 bridgehead atoms. The van der Waals surface area contributed by atoms with Crippen molar-refractivity contribution in [1.82, 2.24) is 4.90 Å². The molecule has 1 saturated heterocycles. The minimum absolute atomic E-state index is 0.0107. The molecule has 0 spiro atoms. The standard InChI is InChI=1S/C15H20N2O4/c1-2-14(18)17-8-11(16)7-12(17)9-21-13-5-3-10(4-6-13)15(19)20/h3-6,11-12H,2,7-9,16H2,1H3,(H,19,20)/t11-,12+/m1/s1. The van der Waals surface area contributed by atoms with E-state index in [1.54, 1.807) is 17.0 Å². The second-order valence-electron chi connectivity index (χ2n) is 5.19. The minimum atomic E-state index is -0.969. The summed E-state index contributed by atoms with van der Waals surface area (Å²) >= 11 is 0. The van der Waals surface area contributed by atoms with Crippen molar-refractivity contribution in [3.05, 3.63) is 29.8 Å². The molecule has 0 radical (unpaired) electrons. The van der Waals surface area contributed by atoms with Gasteiger partial charge in [-0.2, -0.15) is 0 Å². The van der Waals surface area contributed by atoms with Crippen LogP contribution in [0.1, 0.15) is 30.1 Å². The van der Waals surface area contributed by atoms with Crippen LogP contribution in [-0.4, -0.2) is 47.1 Å². The maximum Gasteiger partial charge on any atom is 0.335 e. The van der Waals surface area contributed by atoms with E-state index >= 15 is 0 Å². The van der Waals surface area contributed by atoms with Crippen LogP contribution in [0.2, 0.25) is 0 Å². The summed E-state index contributed by atoms with van der Waals surface area (Å²) in [4.78, 5) is 24.4. The Labute approximate surface area is 123 Å². The van der Waals surface area contributed by atoms with Crippen LogP contribution in [0.4, 0.5) is 0 Å². The SMILES string of the molecule is CCC(=O)N1C[C@H](N)C[C@H]1COc1ccc(C(=O)O)cc1. The number of nitrogens with two attached hydrogens (primary N) is 1. The van der Waals surface area contributed by atoms with Crippen molar-refractivity contribution >= 4 is 11.9 Å². The number of likely N-dealkylation sites (tertiary alicyclic amines) is 1. The Balaban J connectivity index is 1.95. The van der Waals surface area contributed by atoms with Gasteiger partial charge in [-0.1, -0.05) is 6.92 Å². The van der Waals surface area contributed by atoms with Crippen molar-refractivity contribution in [2.24, 2.45) is 5.73 Å². The summed E-state index contributed by atoms with van der Waals surface area (Å²) in [5.41, 5.74) is 6.13. The number of benzene rings is 1. The van der Waals surface area contributed by atoms with E-state index in [4.69, 9.17) is 15.6 Å². The second kappa shape index (κ2) is 6.58. The Kier molecular flexibility index (Phi) is 4.80. The topological polar surface area (TPSA) is 92.9 Å². The zero-order valence-electron chi connectivity index (χ0n) is 12.0. The Morgan fingerprint density at radius 3 is 2.62 bits per heavy atom. The highest BCUT2D eigenvalue weighted by Crippen LogP contribution is 2.20. The number of hydrogen-bond donors (Lipinski definition) is 2. The number of hydrogen-bond acceptors (Lipinski definition) is 4. The molecule has 0 unspecified atom stereocenters. The van der Waals surface area contributed by atoms with Gasteiger partial charge in [0, 0.05) is 19.0 Å². The lowest BCUT2D eigenvalue weighted by Gasteiger charge is -2.24. The number of carbonyl (C=O) groups is 2. The van der Waals surface area contributed by atoms with Crippen LogP contribution < -0.4 is 10.5 Å². The van der Waals surface area contributed by atoms with Crippen molar-refractivity contribution in [3.63, 3.8) is 0 Å². The quantitative estimate of drug-likeness (QED) is 0.847. The van der Waals surface area contributed by atoms with Crippen molar-refractivity contribution < 1.29 is 19.4 Å². The molecule has 2 rings (SSSR count). The van der Waals surface area contributed by atoms with Gasteiger partial charge in [0.15, 0.2) is 0 Å². The van der Waals surface area contributed by atoms with Gasteiger partial charge in [-0.25, -0.2) is 4.79 Å². The molecule has 1 amide bonds. The predicted molar refractivity (Wildman–Crippen MR) is 77.3 cm³/mol. The van der Waals surface area contributed by atoms with Crippen LogP contribution >= 0.6 is 0 Å². The van der Waals surface area contributed by atoms with Crippen LogP contribution in [0.3, 0.4) is 0 Å². The summed E-state index contributed by atoms with van der Waals surface area (Å²) in [5.74, 6) is -0.301. The molecular formula is C15H20N2O4. The monoisotopic (exact) mass is 292 g/mol. The maximum absolute atomic E-state index is 11.9. The fourth-order valence-electron chi connectivity index (χ4n) is 2.51. The van der Waals surface area contributed by atoms with Gasteiger partial charge in [0.25, 0.3) is 0 Å². The lowest BCUT2D eigenvalue weighted by atomic mass is 10.2. The van der Waals surface area contributed by atoms with Gasteiger partial charge in [-0.15, -0.1) is 0 Å². The van der Waals surface area contributed by atoms with E-state index in [9.17, 15) is 9.59 Å². The Morgan fingerprint density at radius 1 is 1.38 bits per heavy atom. The van der Waals surface area contributed by atoms with E-state index < -0.39 is 5.97 Å². The Hall–Kier alpha value is -2.08. The molecule has 3 N–H and O–H groups in total. The third-order valence-corrected chi connectivity index (χ3v) is 3.61. The smallest absolute Gasteiger partial charge is 0.335 e. The number of rotatable bonds is 5. The molecule has 6 heteroatoms. The second-order valence-corrected chi connectivity index (χ2v) is 5.19. The van der Waals surface area contributed by atoms with E-state index in [1.807, 2.05) is 6.92 Å². The number of ether oxygens (including phenoxy) is 1. The van der Waals surface area contributed by atoms with Crippen LogP contribution in [0.15, 0.2) is 24.3 Å². The first-order valence-corrected chi connectivity index (χ1v) is 7.02. The molecule has 1 fully saturated rings. The van der Waals surface area contributed by atoms with Crippen molar-refractivity contribution in [2.45, 2.75) is 31.8 Å². The first-order chi connectivity index (χ1) is 10.0. The van der Waals surface area contributed by atoms with E-state index in [-0.39, 0.29) is 23.6 Å². The summed E-state index contributed by atoms with van der Waals surface area (Å²) in [7, 11) is 0. The Bertz CT molecular complexity index is 515. The fraction of sp³-hybridized carbons (Fsp3) is 0.467. The molecular weight excluding hydrogens is 272 g/mol. The van der Waals surface area contributed by atoms with Crippen molar-refractivity contribution in [3.8, 4) is 5.75 Å². The van der Waals surface area contributed by atoms with Crippen LogP contribution in [0.5, 0.6) is 5.75 Å². The van der Waals surface area contributed by atoms with Crippen LogP contribution in [0, 0.1) is 0 Å². The molecule has 2 atom stereocenters. The number of amides is 1. The van der Waals surface area contributed by atoms with Crippen LogP contribution in [0.25, 0.3) is 0 Å². The number of aromatic carboxylic acids is 1. The lowest BCUT2D eigenvalue weighted by molar-refractivity contribution is -0.132. The summed E-state index contributed by atoms with van der Waals surface area (Å²) < 4.78 is 5.66. The van der Waals surface area contributed by atoms with Gasteiger partial charge in [0.2, 0.25) is 5.91 Å².